The van der Waals surface area contributed by atoms with E-state index < -0.39 is 5.91 Å². The minimum Gasteiger partial charge on any atom is -0.392 e. The van der Waals surface area contributed by atoms with Gasteiger partial charge in [0.25, 0.3) is 5.91 Å². The Labute approximate surface area is 193 Å². The molecule has 7 nitrogen and oxygen atoms in total. The van der Waals surface area contributed by atoms with Gasteiger partial charge >= 0.3 is 0 Å². The van der Waals surface area contributed by atoms with Gasteiger partial charge in [-0.15, -0.1) is 0 Å². The zero-order chi connectivity index (χ0) is 23.4. The van der Waals surface area contributed by atoms with Crippen molar-refractivity contribution in [3.63, 3.8) is 0 Å². The molecule has 0 bridgehead atoms. The van der Waals surface area contributed by atoms with Crippen LogP contribution in [0.25, 0.3) is 6.08 Å². The number of nitrogens with zero attached hydrogens (tertiary/aromatic N) is 2. The SMILES string of the molecule is Cc1n[nH]c(C)c1C(c1ccccc1)[C@@H]1C[C@H](O)CN1Cc1ccc(C=CC(=O)NO)cc1. The first-order valence-electron chi connectivity index (χ1n) is 11.2. The van der Waals surface area contributed by atoms with Gasteiger partial charge in [-0.2, -0.15) is 5.10 Å². The molecule has 1 amide bonds. The molecule has 0 spiro atoms. The van der Waals surface area contributed by atoms with E-state index in [1.54, 1.807) is 11.6 Å². The summed E-state index contributed by atoms with van der Waals surface area (Å²) in [6.45, 7) is 5.42. The highest BCUT2D eigenvalue weighted by Crippen LogP contribution is 2.39. The molecule has 0 radical (unpaired) electrons. The highest BCUT2D eigenvalue weighted by Gasteiger charge is 2.39. The summed E-state index contributed by atoms with van der Waals surface area (Å²) >= 11 is 0. The zero-order valence-electron chi connectivity index (χ0n) is 18.9. The van der Waals surface area contributed by atoms with Crippen LogP contribution in [-0.2, 0) is 11.3 Å². The molecule has 1 aliphatic rings. The monoisotopic (exact) mass is 446 g/mol. The first kappa shape index (κ1) is 22.9. The number of aromatic nitrogens is 2. The molecule has 2 heterocycles. The van der Waals surface area contributed by atoms with Gasteiger partial charge in [-0.1, -0.05) is 54.6 Å². The number of hydrogen-bond donors (Lipinski definition) is 4. The molecule has 1 fully saturated rings. The van der Waals surface area contributed by atoms with Crippen molar-refractivity contribution in [2.45, 2.75) is 44.9 Å². The smallest absolute Gasteiger partial charge is 0.267 e. The Morgan fingerprint density at radius 1 is 1.21 bits per heavy atom. The number of carbonyl (C=O) groups excluding carboxylic acids is 1. The number of rotatable bonds is 7. The minimum atomic E-state index is -0.565. The van der Waals surface area contributed by atoms with E-state index in [9.17, 15) is 9.90 Å². The lowest BCUT2D eigenvalue weighted by atomic mass is 9.82. The normalized spacial score (nSPS) is 19.8. The number of hydroxylamine groups is 1. The van der Waals surface area contributed by atoms with Gasteiger partial charge in [0.05, 0.1) is 11.8 Å². The summed E-state index contributed by atoms with van der Waals surface area (Å²) in [5.41, 5.74) is 8.06. The lowest BCUT2D eigenvalue weighted by Gasteiger charge is -2.32. The van der Waals surface area contributed by atoms with Crippen molar-refractivity contribution in [1.82, 2.24) is 20.6 Å². The fourth-order valence-corrected chi connectivity index (χ4v) is 4.87. The van der Waals surface area contributed by atoms with Crippen molar-refractivity contribution in [3.8, 4) is 0 Å². The lowest BCUT2D eigenvalue weighted by Crippen LogP contribution is -2.35. The quantitative estimate of drug-likeness (QED) is 0.253. The summed E-state index contributed by atoms with van der Waals surface area (Å²) in [7, 11) is 0. The van der Waals surface area contributed by atoms with E-state index in [0.29, 0.717) is 19.5 Å². The van der Waals surface area contributed by atoms with E-state index in [2.05, 4.69) is 46.3 Å². The standard InChI is InChI=1S/C26H30N4O3/c1-17-25(18(2)28-27-17)26(21-6-4-3-5-7-21)23-14-22(31)16-30(23)15-20-10-8-19(9-11-20)12-13-24(32)29-33/h3-13,22-23,26,31,33H,14-16H2,1-2H3,(H,27,28)(H,29,32)/t22-,23-,26?/m0/s1. The Balaban J connectivity index is 1.61. The van der Waals surface area contributed by atoms with Crippen molar-refractivity contribution in [2.75, 3.05) is 6.54 Å². The van der Waals surface area contributed by atoms with Crippen LogP contribution in [0.15, 0.2) is 60.7 Å². The third-order valence-electron chi connectivity index (χ3n) is 6.37. The molecule has 7 heteroatoms. The van der Waals surface area contributed by atoms with E-state index in [4.69, 9.17) is 5.21 Å². The van der Waals surface area contributed by atoms with E-state index in [1.165, 1.54) is 17.2 Å². The second-order valence-corrected chi connectivity index (χ2v) is 8.67. The molecule has 1 unspecified atom stereocenters. The number of amides is 1. The van der Waals surface area contributed by atoms with Gasteiger partial charge in [-0.05, 0) is 43.0 Å². The number of aromatic amines is 1. The first-order chi connectivity index (χ1) is 16.0. The van der Waals surface area contributed by atoms with Crippen LogP contribution in [0.1, 0.15) is 46.0 Å². The Kier molecular flexibility index (Phi) is 7.03. The summed E-state index contributed by atoms with van der Waals surface area (Å²) < 4.78 is 0. The molecule has 1 aliphatic heterocycles. The highest BCUT2D eigenvalue weighted by molar-refractivity contribution is 5.90. The van der Waals surface area contributed by atoms with Crippen LogP contribution in [-0.4, -0.2) is 50.0 Å². The highest BCUT2D eigenvalue weighted by atomic mass is 16.5. The van der Waals surface area contributed by atoms with Crippen LogP contribution >= 0.6 is 0 Å². The van der Waals surface area contributed by atoms with Gasteiger partial charge in [0.2, 0.25) is 0 Å². The van der Waals surface area contributed by atoms with Gasteiger partial charge in [-0.25, -0.2) is 5.48 Å². The summed E-state index contributed by atoms with van der Waals surface area (Å²) in [5, 5.41) is 26.8. The van der Waals surface area contributed by atoms with Crippen molar-refractivity contribution in [3.05, 3.63) is 94.3 Å². The van der Waals surface area contributed by atoms with E-state index >= 15 is 0 Å². The number of aliphatic hydroxyl groups excluding tert-OH is 1. The van der Waals surface area contributed by atoms with Crippen LogP contribution in [0.5, 0.6) is 0 Å². The average Bonchev–Trinajstić information content (AvgIpc) is 3.35. The predicted molar refractivity (Wildman–Crippen MR) is 127 cm³/mol. The Hall–Kier alpha value is -3.26. The van der Waals surface area contributed by atoms with Crippen LogP contribution in [0.3, 0.4) is 0 Å². The molecule has 4 N–H and O–H groups in total. The molecular weight excluding hydrogens is 416 g/mol. The molecule has 33 heavy (non-hydrogen) atoms. The topological polar surface area (TPSA) is 101 Å². The second-order valence-electron chi connectivity index (χ2n) is 8.67. The molecule has 1 saturated heterocycles. The molecule has 172 valence electrons. The lowest BCUT2D eigenvalue weighted by molar-refractivity contribution is -0.124. The molecular formula is C26H30N4O3. The number of hydrogen-bond acceptors (Lipinski definition) is 5. The van der Waals surface area contributed by atoms with Crippen LogP contribution in [0.2, 0.25) is 0 Å². The maximum Gasteiger partial charge on any atom is 0.267 e. The molecule has 3 aromatic rings. The number of nitrogens with one attached hydrogen (secondary N) is 2. The number of aliphatic hydroxyl groups is 1. The van der Waals surface area contributed by atoms with Gasteiger partial charge in [0, 0.05) is 42.4 Å². The zero-order valence-corrected chi connectivity index (χ0v) is 18.9. The van der Waals surface area contributed by atoms with E-state index in [1.807, 2.05) is 37.3 Å². The molecule has 0 saturated carbocycles. The maximum absolute atomic E-state index is 11.2. The fraction of sp³-hybridized carbons (Fsp3) is 0.308. The Morgan fingerprint density at radius 3 is 2.58 bits per heavy atom. The Bertz CT molecular complexity index is 1090. The van der Waals surface area contributed by atoms with Gasteiger partial charge < -0.3 is 5.11 Å². The Morgan fingerprint density at radius 2 is 1.94 bits per heavy atom. The van der Waals surface area contributed by atoms with Crippen molar-refractivity contribution in [2.24, 2.45) is 0 Å². The second kappa shape index (κ2) is 10.1. The number of aryl methyl sites for hydroxylation is 2. The van der Waals surface area contributed by atoms with Gasteiger partial charge in [0.15, 0.2) is 0 Å². The fourth-order valence-electron chi connectivity index (χ4n) is 4.87. The third-order valence-corrected chi connectivity index (χ3v) is 6.37. The number of benzene rings is 2. The van der Waals surface area contributed by atoms with Crippen molar-refractivity contribution >= 4 is 12.0 Å². The molecule has 3 atom stereocenters. The van der Waals surface area contributed by atoms with E-state index in [-0.39, 0.29) is 18.1 Å². The largest absolute Gasteiger partial charge is 0.392 e. The summed E-state index contributed by atoms with van der Waals surface area (Å²) in [6, 6.07) is 18.5. The third kappa shape index (κ3) is 5.22. The summed E-state index contributed by atoms with van der Waals surface area (Å²) in [5.74, 6) is -0.467. The van der Waals surface area contributed by atoms with Gasteiger partial charge in [-0.3, -0.25) is 20.0 Å². The average molecular weight is 447 g/mol. The first-order valence-corrected chi connectivity index (χ1v) is 11.2. The maximum atomic E-state index is 11.2. The molecule has 2 aromatic carbocycles. The molecule has 4 rings (SSSR count). The summed E-state index contributed by atoms with van der Waals surface area (Å²) in [4.78, 5) is 13.5. The summed E-state index contributed by atoms with van der Waals surface area (Å²) in [6.07, 6.45) is 3.24. The van der Waals surface area contributed by atoms with Crippen LogP contribution in [0, 0.1) is 13.8 Å². The number of H-pyrrole nitrogens is 1. The van der Waals surface area contributed by atoms with Crippen molar-refractivity contribution in [1.29, 1.82) is 0 Å². The van der Waals surface area contributed by atoms with Crippen LogP contribution < -0.4 is 5.48 Å². The van der Waals surface area contributed by atoms with Gasteiger partial charge in [0.1, 0.15) is 0 Å². The predicted octanol–water partition coefficient (Wildman–Crippen LogP) is 3.31. The molecule has 1 aromatic heterocycles. The van der Waals surface area contributed by atoms with Crippen molar-refractivity contribution < 1.29 is 15.1 Å². The number of likely N-dealkylation sites (tertiary alicyclic amines) is 1. The van der Waals surface area contributed by atoms with Crippen LogP contribution in [0.4, 0.5) is 0 Å². The molecule has 0 aliphatic carbocycles. The number of β-amino-alcohol motifs (C(OH)–C–C–N with tert-alkyl or cyclic N) is 1. The van der Waals surface area contributed by atoms with E-state index in [0.717, 1.165) is 22.5 Å². The minimum absolute atomic E-state index is 0.0984. The number of carbonyl (C=O) groups is 1.